The summed E-state index contributed by atoms with van der Waals surface area (Å²) < 4.78 is 5.21. The summed E-state index contributed by atoms with van der Waals surface area (Å²) >= 11 is 0. The zero-order valence-corrected chi connectivity index (χ0v) is 13.8. The van der Waals surface area contributed by atoms with Crippen LogP contribution in [-0.4, -0.2) is 21.1 Å². The molecule has 2 heterocycles. The number of benzene rings is 2. The number of amides is 1. The highest BCUT2D eigenvalue weighted by molar-refractivity contribution is 5.94. The van der Waals surface area contributed by atoms with Gasteiger partial charge in [0.25, 0.3) is 5.91 Å². The Morgan fingerprint density at radius 2 is 2.04 bits per heavy atom. The number of para-hydroxylation sites is 1. The normalized spacial score (nSPS) is 10.8. The van der Waals surface area contributed by atoms with E-state index in [-0.39, 0.29) is 12.5 Å². The van der Waals surface area contributed by atoms with Crippen LogP contribution >= 0.6 is 0 Å². The third-order valence-corrected chi connectivity index (χ3v) is 3.87. The van der Waals surface area contributed by atoms with Gasteiger partial charge in [0.05, 0.1) is 12.8 Å². The van der Waals surface area contributed by atoms with Gasteiger partial charge in [-0.3, -0.25) is 4.79 Å². The Hall–Kier alpha value is -3.61. The number of nitrogens with zero attached hydrogens (tertiary/aromatic N) is 3. The minimum atomic E-state index is -0.172. The number of aromatic nitrogens is 3. The minimum Gasteiger partial charge on any atom is -0.467 e. The van der Waals surface area contributed by atoms with E-state index in [1.807, 2.05) is 42.5 Å². The first-order valence-corrected chi connectivity index (χ1v) is 8.13. The zero-order valence-electron chi connectivity index (χ0n) is 13.8. The van der Waals surface area contributed by atoms with Crippen LogP contribution in [0.15, 0.2) is 71.3 Å². The summed E-state index contributed by atoms with van der Waals surface area (Å²) in [7, 11) is 0. The van der Waals surface area contributed by atoms with Gasteiger partial charge in [-0.2, -0.15) is 0 Å². The van der Waals surface area contributed by atoms with Crippen molar-refractivity contribution >= 4 is 16.9 Å². The van der Waals surface area contributed by atoms with Gasteiger partial charge in [-0.1, -0.05) is 29.1 Å². The first-order chi connectivity index (χ1) is 12.8. The van der Waals surface area contributed by atoms with E-state index in [2.05, 4.69) is 15.6 Å². The van der Waals surface area contributed by atoms with Crippen molar-refractivity contribution in [3.8, 4) is 0 Å². The Labute approximate surface area is 149 Å². The fourth-order valence-corrected chi connectivity index (χ4v) is 2.56. The molecule has 0 aliphatic rings. The van der Waals surface area contributed by atoms with Gasteiger partial charge < -0.3 is 14.6 Å². The van der Waals surface area contributed by atoms with Crippen molar-refractivity contribution in [3.05, 3.63) is 83.8 Å². The topological polar surface area (TPSA) is 82.2 Å². The first-order valence-electron chi connectivity index (χ1n) is 8.13. The predicted molar refractivity (Wildman–Crippen MR) is 94.1 cm³/mol. The van der Waals surface area contributed by atoms with E-state index in [0.29, 0.717) is 17.9 Å². The molecule has 130 valence electrons. The molecule has 4 rings (SSSR count). The summed E-state index contributed by atoms with van der Waals surface area (Å²) in [4.78, 5) is 19.4. The van der Waals surface area contributed by atoms with Crippen molar-refractivity contribution in [1.29, 1.82) is 0 Å². The number of hydrogen-bond acceptors (Lipinski definition) is 5. The lowest BCUT2D eigenvalue weighted by Crippen LogP contribution is -2.22. The van der Waals surface area contributed by atoms with Gasteiger partial charge in [0, 0.05) is 5.56 Å². The second-order valence-electron chi connectivity index (χ2n) is 5.69. The number of carbonyl (C=O) groups is 1. The third-order valence-electron chi connectivity index (χ3n) is 3.87. The largest absolute Gasteiger partial charge is 0.467 e. The van der Waals surface area contributed by atoms with Gasteiger partial charge in [-0.15, -0.1) is 5.10 Å². The van der Waals surface area contributed by atoms with E-state index in [0.717, 1.165) is 16.6 Å². The highest BCUT2D eigenvalue weighted by Crippen LogP contribution is 2.10. The van der Waals surface area contributed by atoms with E-state index in [1.165, 1.54) is 4.85 Å². The van der Waals surface area contributed by atoms with E-state index in [1.54, 1.807) is 24.5 Å². The minimum absolute atomic E-state index is 0.172. The lowest BCUT2D eigenvalue weighted by molar-refractivity contribution is 0.0751. The van der Waals surface area contributed by atoms with E-state index >= 15 is 0 Å². The van der Waals surface area contributed by atoms with Crippen LogP contribution in [0.25, 0.3) is 11.0 Å². The molecular weight excluding hydrogens is 332 g/mol. The molecule has 2 aromatic heterocycles. The van der Waals surface area contributed by atoms with E-state index < -0.39 is 0 Å². The van der Waals surface area contributed by atoms with Crippen molar-refractivity contribution in [2.75, 3.05) is 0 Å². The number of hydrogen-bond donors (Lipinski definition) is 1. The highest BCUT2D eigenvalue weighted by atomic mass is 16.7. The molecule has 7 heteroatoms. The van der Waals surface area contributed by atoms with Crippen LogP contribution in [0.2, 0.25) is 0 Å². The quantitative estimate of drug-likeness (QED) is 0.579. The molecule has 0 aliphatic carbocycles. The van der Waals surface area contributed by atoms with Crippen molar-refractivity contribution in [2.24, 2.45) is 0 Å². The average Bonchev–Trinajstić information content (AvgIpc) is 3.34. The molecule has 0 saturated carbocycles. The predicted octanol–water partition coefficient (Wildman–Crippen LogP) is 2.58. The molecule has 4 aromatic rings. The summed E-state index contributed by atoms with van der Waals surface area (Å²) in [6.07, 6.45) is 1.58. The fraction of sp³-hybridized carbons (Fsp3) is 0.105. The summed E-state index contributed by atoms with van der Waals surface area (Å²) in [5.41, 5.74) is 2.97. The fourth-order valence-electron chi connectivity index (χ4n) is 2.56. The molecule has 0 aliphatic heterocycles. The smallest absolute Gasteiger partial charge is 0.251 e. The Morgan fingerprint density at radius 3 is 2.92 bits per heavy atom. The summed E-state index contributed by atoms with van der Waals surface area (Å²) in [5, 5.41) is 10.8. The third kappa shape index (κ3) is 3.41. The summed E-state index contributed by atoms with van der Waals surface area (Å²) in [5.74, 6) is 0.533. The van der Waals surface area contributed by atoms with Gasteiger partial charge in [0.15, 0.2) is 0 Å². The molecule has 0 radical (unpaired) electrons. The van der Waals surface area contributed by atoms with Crippen LogP contribution in [0.1, 0.15) is 21.7 Å². The van der Waals surface area contributed by atoms with Crippen LogP contribution in [0.4, 0.5) is 0 Å². The highest BCUT2D eigenvalue weighted by Gasteiger charge is 2.08. The molecule has 0 fully saturated rings. The molecule has 0 spiro atoms. The SMILES string of the molecule is O=C(NCc1ccco1)c1cccc(COn2nnc3ccccc32)c1. The van der Waals surface area contributed by atoms with Crippen LogP contribution in [0, 0.1) is 0 Å². The maximum Gasteiger partial charge on any atom is 0.251 e. The molecule has 26 heavy (non-hydrogen) atoms. The number of carbonyl (C=O) groups excluding carboxylic acids is 1. The molecule has 1 N–H and O–H groups in total. The maximum atomic E-state index is 12.3. The number of fused-ring (bicyclic) bond motifs is 1. The standard InChI is InChI=1S/C19H16N4O3/c24-19(20-12-16-7-4-10-25-16)15-6-3-5-14(11-15)13-26-23-18-9-2-1-8-17(18)21-22-23/h1-11H,12-13H2,(H,20,24). The van der Waals surface area contributed by atoms with Crippen LogP contribution in [-0.2, 0) is 13.2 Å². The molecule has 1 amide bonds. The molecular formula is C19H16N4O3. The van der Waals surface area contributed by atoms with Crippen LogP contribution in [0.3, 0.4) is 0 Å². The lowest BCUT2D eigenvalue weighted by atomic mass is 10.1. The Bertz CT molecular complexity index is 1020. The molecule has 2 aromatic carbocycles. The van der Waals surface area contributed by atoms with Crippen molar-refractivity contribution in [3.63, 3.8) is 0 Å². The van der Waals surface area contributed by atoms with Crippen molar-refractivity contribution in [2.45, 2.75) is 13.2 Å². The average molecular weight is 348 g/mol. The van der Waals surface area contributed by atoms with Gasteiger partial charge in [0.2, 0.25) is 0 Å². The van der Waals surface area contributed by atoms with E-state index in [4.69, 9.17) is 9.25 Å². The zero-order chi connectivity index (χ0) is 17.8. The van der Waals surface area contributed by atoms with Crippen LogP contribution in [0.5, 0.6) is 0 Å². The molecule has 0 atom stereocenters. The summed E-state index contributed by atoms with van der Waals surface area (Å²) in [6, 6.07) is 18.4. The molecule has 0 saturated heterocycles. The Morgan fingerprint density at radius 1 is 1.12 bits per heavy atom. The Balaban J connectivity index is 1.41. The van der Waals surface area contributed by atoms with Gasteiger partial charge in [-0.25, -0.2) is 0 Å². The van der Waals surface area contributed by atoms with E-state index in [9.17, 15) is 4.79 Å². The van der Waals surface area contributed by atoms with Crippen LogP contribution < -0.4 is 10.2 Å². The van der Waals surface area contributed by atoms with Gasteiger partial charge in [0.1, 0.15) is 23.4 Å². The number of rotatable bonds is 6. The Kier molecular flexibility index (Phi) is 4.34. The second-order valence-corrected chi connectivity index (χ2v) is 5.69. The van der Waals surface area contributed by atoms with Crippen molar-refractivity contribution in [1.82, 2.24) is 20.5 Å². The second kappa shape index (κ2) is 7.10. The molecule has 0 bridgehead atoms. The number of furan rings is 1. The molecule has 7 nitrogen and oxygen atoms in total. The van der Waals surface area contributed by atoms with Crippen molar-refractivity contribution < 1.29 is 14.0 Å². The summed E-state index contributed by atoms with van der Waals surface area (Å²) in [6.45, 7) is 0.615. The number of nitrogens with one attached hydrogen (secondary N) is 1. The monoisotopic (exact) mass is 348 g/mol. The lowest BCUT2D eigenvalue weighted by Gasteiger charge is -2.08. The van der Waals surface area contributed by atoms with Gasteiger partial charge >= 0.3 is 0 Å². The molecule has 0 unspecified atom stereocenters. The maximum absolute atomic E-state index is 12.3. The first kappa shape index (κ1) is 15.9. The van der Waals surface area contributed by atoms with Gasteiger partial charge in [-0.05, 0) is 47.2 Å².